The van der Waals surface area contributed by atoms with Crippen LogP contribution in [-0.2, 0) is 4.74 Å². The predicted octanol–water partition coefficient (Wildman–Crippen LogP) is -0.302. The van der Waals surface area contributed by atoms with Crippen molar-refractivity contribution in [3.8, 4) is 0 Å². The molecule has 0 aromatic heterocycles. The lowest BCUT2D eigenvalue weighted by atomic mass is 10.4. The van der Waals surface area contributed by atoms with E-state index < -0.39 is 6.10 Å². The highest BCUT2D eigenvalue weighted by atomic mass is 16.5. The Morgan fingerprint density at radius 1 is 1.64 bits per heavy atom. The molecule has 0 saturated carbocycles. The van der Waals surface area contributed by atoms with Gasteiger partial charge in [0.25, 0.3) is 0 Å². The summed E-state index contributed by atoms with van der Waals surface area (Å²) in [5.41, 5.74) is 5.52. The molecule has 0 fully saturated rings. The highest BCUT2D eigenvalue weighted by molar-refractivity contribution is 5.77. The Morgan fingerprint density at radius 3 is 2.93 bits per heavy atom. The predicted molar refractivity (Wildman–Crippen MR) is 57.3 cm³/mol. The summed E-state index contributed by atoms with van der Waals surface area (Å²) in [6, 6.07) is 0. The highest BCUT2D eigenvalue weighted by Crippen LogP contribution is 1.82. The molecule has 0 heterocycles. The van der Waals surface area contributed by atoms with Crippen molar-refractivity contribution in [1.29, 1.82) is 0 Å². The molecular formula is C9H21N3O2. The molecule has 14 heavy (non-hydrogen) atoms. The molecule has 0 radical (unpaired) electrons. The van der Waals surface area contributed by atoms with Crippen molar-refractivity contribution < 1.29 is 9.84 Å². The maximum Gasteiger partial charge on any atom is 0.188 e. The van der Waals surface area contributed by atoms with E-state index in [4.69, 9.17) is 15.6 Å². The molecule has 0 aliphatic rings. The van der Waals surface area contributed by atoms with E-state index in [0.29, 0.717) is 12.5 Å². The van der Waals surface area contributed by atoms with E-state index in [1.807, 2.05) is 6.92 Å². The fourth-order valence-electron chi connectivity index (χ4n) is 0.821. The highest BCUT2D eigenvalue weighted by Gasteiger charge is 1.94. The number of nitrogens with two attached hydrogens (primary N) is 1. The maximum atomic E-state index is 8.93. The second-order valence-electron chi connectivity index (χ2n) is 3.05. The number of aliphatic imine (C=N–C) groups is 1. The summed E-state index contributed by atoms with van der Waals surface area (Å²) in [6.07, 6.45) is 0.456. The summed E-state index contributed by atoms with van der Waals surface area (Å²) < 4.78 is 5.15. The van der Waals surface area contributed by atoms with Gasteiger partial charge in [-0.2, -0.15) is 0 Å². The molecule has 1 unspecified atom stereocenters. The topological polar surface area (TPSA) is 79.9 Å². The Morgan fingerprint density at radius 2 is 2.36 bits per heavy atom. The van der Waals surface area contributed by atoms with Crippen LogP contribution in [0.4, 0.5) is 0 Å². The number of hydrogen-bond donors (Lipinski definition) is 3. The van der Waals surface area contributed by atoms with Crippen molar-refractivity contribution in [2.75, 3.05) is 26.3 Å². The van der Waals surface area contributed by atoms with Gasteiger partial charge in [-0.3, -0.25) is 4.99 Å². The second kappa shape index (κ2) is 8.77. The Labute approximate surface area is 85.4 Å². The van der Waals surface area contributed by atoms with E-state index in [2.05, 4.69) is 10.3 Å². The molecule has 0 aromatic rings. The Balaban J connectivity index is 3.34. The van der Waals surface area contributed by atoms with E-state index in [1.54, 1.807) is 6.92 Å². The second-order valence-corrected chi connectivity index (χ2v) is 3.05. The van der Waals surface area contributed by atoms with Gasteiger partial charge in [0.2, 0.25) is 0 Å². The molecule has 0 bridgehead atoms. The van der Waals surface area contributed by atoms with Crippen LogP contribution in [0.15, 0.2) is 4.99 Å². The Hall–Kier alpha value is -0.810. The fraction of sp³-hybridized carbons (Fsp3) is 0.889. The van der Waals surface area contributed by atoms with Crippen molar-refractivity contribution in [1.82, 2.24) is 5.32 Å². The van der Waals surface area contributed by atoms with Crippen molar-refractivity contribution in [2.45, 2.75) is 26.4 Å². The molecule has 5 nitrogen and oxygen atoms in total. The summed E-state index contributed by atoms with van der Waals surface area (Å²) in [6.45, 7) is 6.19. The van der Waals surface area contributed by atoms with Crippen molar-refractivity contribution in [3.63, 3.8) is 0 Å². The normalized spacial score (nSPS) is 14.1. The van der Waals surface area contributed by atoms with Gasteiger partial charge in [-0.05, 0) is 20.3 Å². The third kappa shape index (κ3) is 9.28. The molecule has 0 rings (SSSR count). The maximum absolute atomic E-state index is 8.93. The number of hydrogen-bond acceptors (Lipinski definition) is 3. The average molecular weight is 203 g/mol. The van der Waals surface area contributed by atoms with Gasteiger partial charge in [-0.25, -0.2) is 0 Å². The van der Waals surface area contributed by atoms with Crippen molar-refractivity contribution >= 4 is 5.96 Å². The first-order valence-electron chi connectivity index (χ1n) is 4.96. The molecule has 0 amide bonds. The summed E-state index contributed by atoms with van der Waals surface area (Å²) in [7, 11) is 0. The van der Waals surface area contributed by atoms with Gasteiger partial charge in [0, 0.05) is 19.8 Å². The minimum Gasteiger partial charge on any atom is -0.391 e. The van der Waals surface area contributed by atoms with Gasteiger partial charge in [0.05, 0.1) is 12.6 Å². The molecule has 1 atom stereocenters. The summed E-state index contributed by atoms with van der Waals surface area (Å²) >= 11 is 0. The number of aliphatic hydroxyl groups excluding tert-OH is 1. The monoisotopic (exact) mass is 203 g/mol. The number of ether oxygens (including phenoxy) is 1. The SMILES string of the molecule is CCOCCCNC(N)=NCC(C)O. The number of nitrogens with zero attached hydrogens (tertiary/aromatic N) is 1. The number of rotatable bonds is 7. The Kier molecular flexibility index (Phi) is 8.27. The molecule has 0 spiro atoms. The van der Waals surface area contributed by atoms with Crippen molar-refractivity contribution in [2.24, 2.45) is 10.7 Å². The third-order valence-corrected chi connectivity index (χ3v) is 1.50. The zero-order valence-corrected chi connectivity index (χ0v) is 8.99. The van der Waals surface area contributed by atoms with Gasteiger partial charge in [0.1, 0.15) is 0 Å². The van der Waals surface area contributed by atoms with E-state index >= 15 is 0 Å². The van der Waals surface area contributed by atoms with Crippen LogP contribution < -0.4 is 11.1 Å². The molecule has 0 aromatic carbocycles. The van der Waals surface area contributed by atoms with Crippen LogP contribution in [-0.4, -0.2) is 43.5 Å². The molecule has 0 saturated heterocycles. The lowest BCUT2D eigenvalue weighted by Gasteiger charge is -2.06. The zero-order valence-electron chi connectivity index (χ0n) is 8.99. The quantitative estimate of drug-likeness (QED) is 0.301. The van der Waals surface area contributed by atoms with Crippen LogP contribution in [0.3, 0.4) is 0 Å². The van der Waals surface area contributed by atoms with Crippen LogP contribution in [0.5, 0.6) is 0 Å². The summed E-state index contributed by atoms with van der Waals surface area (Å²) in [5.74, 6) is 0.377. The van der Waals surface area contributed by atoms with Crippen LogP contribution in [0.25, 0.3) is 0 Å². The number of aliphatic hydroxyl groups is 1. The first-order chi connectivity index (χ1) is 6.66. The minimum absolute atomic E-state index is 0.338. The number of guanidine groups is 1. The van der Waals surface area contributed by atoms with Gasteiger partial charge in [-0.15, -0.1) is 0 Å². The van der Waals surface area contributed by atoms with Crippen LogP contribution in [0.1, 0.15) is 20.3 Å². The summed E-state index contributed by atoms with van der Waals surface area (Å²) in [5, 5.41) is 11.9. The van der Waals surface area contributed by atoms with Gasteiger partial charge in [0.15, 0.2) is 5.96 Å². The molecule has 0 aliphatic carbocycles. The largest absolute Gasteiger partial charge is 0.391 e. The lowest BCUT2D eigenvalue weighted by Crippen LogP contribution is -2.33. The standard InChI is InChI=1S/C9H21N3O2/c1-3-14-6-4-5-11-9(10)12-7-8(2)13/h8,13H,3-7H2,1-2H3,(H3,10,11,12). The van der Waals surface area contributed by atoms with E-state index in [-0.39, 0.29) is 0 Å². The molecule has 0 aliphatic heterocycles. The smallest absolute Gasteiger partial charge is 0.188 e. The van der Waals surface area contributed by atoms with Crippen molar-refractivity contribution in [3.05, 3.63) is 0 Å². The molecule has 4 N–H and O–H groups in total. The first kappa shape index (κ1) is 13.2. The van der Waals surface area contributed by atoms with E-state index in [9.17, 15) is 0 Å². The van der Waals surface area contributed by atoms with Gasteiger partial charge < -0.3 is 20.9 Å². The molecule has 5 heteroatoms. The van der Waals surface area contributed by atoms with Gasteiger partial charge >= 0.3 is 0 Å². The van der Waals surface area contributed by atoms with Gasteiger partial charge in [-0.1, -0.05) is 0 Å². The third-order valence-electron chi connectivity index (χ3n) is 1.50. The molecule has 84 valence electrons. The van der Waals surface area contributed by atoms with E-state index in [0.717, 1.165) is 26.2 Å². The zero-order chi connectivity index (χ0) is 10.8. The fourth-order valence-corrected chi connectivity index (χ4v) is 0.821. The average Bonchev–Trinajstić information content (AvgIpc) is 2.14. The number of nitrogens with one attached hydrogen (secondary N) is 1. The van der Waals surface area contributed by atoms with Crippen LogP contribution in [0.2, 0.25) is 0 Å². The van der Waals surface area contributed by atoms with E-state index in [1.165, 1.54) is 0 Å². The Bertz CT molecular complexity index is 160. The van der Waals surface area contributed by atoms with Crippen LogP contribution >= 0.6 is 0 Å². The lowest BCUT2D eigenvalue weighted by molar-refractivity contribution is 0.145. The molecular weight excluding hydrogens is 182 g/mol. The van der Waals surface area contributed by atoms with Crippen LogP contribution in [0, 0.1) is 0 Å². The first-order valence-corrected chi connectivity index (χ1v) is 4.96. The minimum atomic E-state index is -0.446. The summed E-state index contributed by atoms with van der Waals surface area (Å²) in [4.78, 5) is 3.93.